The lowest BCUT2D eigenvalue weighted by atomic mass is 10.2. The summed E-state index contributed by atoms with van der Waals surface area (Å²) in [5.74, 6) is -0.828. The van der Waals surface area contributed by atoms with Crippen molar-refractivity contribution in [3.05, 3.63) is 30.3 Å². The van der Waals surface area contributed by atoms with E-state index in [-0.39, 0.29) is 6.54 Å². The van der Waals surface area contributed by atoms with Crippen molar-refractivity contribution in [1.29, 1.82) is 0 Å². The lowest BCUT2D eigenvalue weighted by Gasteiger charge is -2.38. The van der Waals surface area contributed by atoms with E-state index in [2.05, 4.69) is 17.0 Å². The summed E-state index contributed by atoms with van der Waals surface area (Å²) in [6.07, 6.45) is 0. The smallest absolute Gasteiger partial charge is 0.322 e. The molecule has 1 heterocycles. The summed E-state index contributed by atoms with van der Waals surface area (Å²) in [6, 6.07) is 9.63. The van der Waals surface area contributed by atoms with Crippen LogP contribution in [0.15, 0.2) is 30.3 Å². The molecule has 0 amide bonds. The molecule has 2 rings (SSSR count). The summed E-state index contributed by atoms with van der Waals surface area (Å²) in [5.41, 5.74) is 6.71. The minimum atomic E-state index is -0.828. The van der Waals surface area contributed by atoms with E-state index in [0.29, 0.717) is 0 Å². The van der Waals surface area contributed by atoms with Crippen LogP contribution in [0.1, 0.15) is 0 Å². The van der Waals surface area contributed by atoms with Crippen molar-refractivity contribution in [3.8, 4) is 0 Å². The third-order valence-electron chi connectivity index (χ3n) is 3.38. The Labute approximate surface area is 107 Å². The van der Waals surface area contributed by atoms with Gasteiger partial charge in [0.15, 0.2) is 0 Å². The first kappa shape index (κ1) is 12.9. The maximum absolute atomic E-state index is 11.0. The molecule has 3 N–H and O–H groups in total. The molecule has 1 aliphatic heterocycles. The Morgan fingerprint density at radius 1 is 1.22 bits per heavy atom. The molecular weight excluding hydrogens is 230 g/mol. The fourth-order valence-electron chi connectivity index (χ4n) is 2.34. The van der Waals surface area contributed by atoms with Crippen LogP contribution in [-0.2, 0) is 4.79 Å². The van der Waals surface area contributed by atoms with Crippen molar-refractivity contribution >= 4 is 11.7 Å². The number of para-hydroxylation sites is 1. The predicted molar refractivity (Wildman–Crippen MR) is 70.7 cm³/mol. The number of rotatable bonds is 4. The van der Waals surface area contributed by atoms with Gasteiger partial charge in [-0.2, -0.15) is 0 Å². The third-order valence-corrected chi connectivity index (χ3v) is 3.38. The SMILES string of the molecule is NCC(C(=O)O)N1CCN(c2ccccc2)CC1. The van der Waals surface area contributed by atoms with Crippen molar-refractivity contribution in [3.63, 3.8) is 0 Å². The van der Waals surface area contributed by atoms with Gasteiger partial charge >= 0.3 is 5.97 Å². The Balaban J connectivity index is 1.94. The predicted octanol–water partition coefficient (Wildman–Crippen LogP) is 0.221. The van der Waals surface area contributed by atoms with Gasteiger partial charge in [0.1, 0.15) is 6.04 Å². The number of carboxylic acids is 1. The van der Waals surface area contributed by atoms with E-state index in [1.807, 2.05) is 23.1 Å². The zero-order valence-corrected chi connectivity index (χ0v) is 10.3. The summed E-state index contributed by atoms with van der Waals surface area (Å²) in [6.45, 7) is 3.33. The first-order valence-electron chi connectivity index (χ1n) is 6.19. The maximum Gasteiger partial charge on any atom is 0.322 e. The molecular formula is C13H19N3O2. The molecule has 0 aliphatic carbocycles. The number of piperazine rings is 1. The fraction of sp³-hybridized carbons (Fsp3) is 0.462. The molecule has 0 bridgehead atoms. The van der Waals surface area contributed by atoms with E-state index in [0.717, 1.165) is 26.2 Å². The van der Waals surface area contributed by atoms with E-state index in [4.69, 9.17) is 10.8 Å². The largest absolute Gasteiger partial charge is 0.480 e. The van der Waals surface area contributed by atoms with Crippen LogP contribution in [0.3, 0.4) is 0 Å². The van der Waals surface area contributed by atoms with E-state index in [9.17, 15) is 4.79 Å². The van der Waals surface area contributed by atoms with Crippen LogP contribution in [0.25, 0.3) is 0 Å². The molecule has 0 spiro atoms. The lowest BCUT2D eigenvalue weighted by Crippen LogP contribution is -2.55. The number of carboxylic acid groups (broad SMARTS) is 1. The molecule has 1 aromatic rings. The third kappa shape index (κ3) is 2.80. The highest BCUT2D eigenvalue weighted by Crippen LogP contribution is 2.16. The molecule has 1 atom stereocenters. The molecule has 1 saturated heterocycles. The van der Waals surface area contributed by atoms with E-state index >= 15 is 0 Å². The van der Waals surface area contributed by atoms with Gasteiger partial charge < -0.3 is 15.7 Å². The van der Waals surface area contributed by atoms with E-state index in [1.54, 1.807) is 0 Å². The van der Waals surface area contributed by atoms with Gasteiger partial charge in [-0.3, -0.25) is 9.69 Å². The fourth-order valence-corrected chi connectivity index (χ4v) is 2.34. The lowest BCUT2D eigenvalue weighted by molar-refractivity contribution is -0.143. The first-order chi connectivity index (χ1) is 8.72. The van der Waals surface area contributed by atoms with Gasteiger partial charge in [-0.15, -0.1) is 0 Å². The number of nitrogens with zero attached hydrogens (tertiary/aromatic N) is 2. The highest BCUT2D eigenvalue weighted by Gasteiger charge is 2.27. The van der Waals surface area contributed by atoms with Gasteiger partial charge in [0.05, 0.1) is 0 Å². The summed E-state index contributed by atoms with van der Waals surface area (Å²) >= 11 is 0. The quantitative estimate of drug-likeness (QED) is 0.799. The average molecular weight is 249 g/mol. The zero-order valence-electron chi connectivity index (χ0n) is 10.3. The summed E-state index contributed by atoms with van der Waals surface area (Å²) in [7, 11) is 0. The van der Waals surface area contributed by atoms with Crippen molar-refractivity contribution in [2.45, 2.75) is 6.04 Å². The summed E-state index contributed by atoms with van der Waals surface area (Å²) < 4.78 is 0. The monoisotopic (exact) mass is 249 g/mol. The van der Waals surface area contributed by atoms with Gasteiger partial charge in [-0.25, -0.2) is 0 Å². The van der Waals surface area contributed by atoms with Gasteiger partial charge in [-0.05, 0) is 12.1 Å². The van der Waals surface area contributed by atoms with Crippen LogP contribution < -0.4 is 10.6 Å². The molecule has 1 unspecified atom stereocenters. The van der Waals surface area contributed by atoms with Crippen molar-refractivity contribution < 1.29 is 9.90 Å². The van der Waals surface area contributed by atoms with Crippen molar-refractivity contribution in [2.75, 3.05) is 37.6 Å². The van der Waals surface area contributed by atoms with Crippen molar-refractivity contribution in [2.24, 2.45) is 5.73 Å². The van der Waals surface area contributed by atoms with Gasteiger partial charge in [0, 0.05) is 38.4 Å². The molecule has 98 valence electrons. The molecule has 5 nitrogen and oxygen atoms in total. The number of hydrogen-bond donors (Lipinski definition) is 2. The number of benzene rings is 1. The number of anilines is 1. The molecule has 18 heavy (non-hydrogen) atoms. The molecule has 1 fully saturated rings. The number of aliphatic carboxylic acids is 1. The zero-order chi connectivity index (χ0) is 13.0. The molecule has 1 aliphatic rings. The topological polar surface area (TPSA) is 69.8 Å². The first-order valence-corrected chi connectivity index (χ1v) is 6.19. The number of nitrogens with two attached hydrogens (primary N) is 1. The molecule has 5 heteroatoms. The summed E-state index contributed by atoms with van der Waals surface area (Å²) in [4.78, 5) is 15.3. The van der Waals surface area contributed by atoms with Gasteiger partial charge in [0.25, 0.3) is 0 Å². The van der Waals surface area contributed by atoms with Gasteiger partial charge in [-0.1, -0.05) is 18.2 Å². The normalized spacial score (nSPS) is 18.6. The molecule has 0 radical (unpaired) electrons. The van der Waals surface area contributed by atoms with Crippen LogP contribution in [0.4, 0.5) is 5.69 Å². The Hall–Kier alpha value is -1.59. The highest BCUT2D eigenvalue weighted by molar-refractivity contribution is 5.73. The minimum Gasteiger partial charge on any atom is -0.480 e. The Kier molecular flexibility index (Phi) is 4.17. The van der Waals surface area contributed by atoms with Gasteiger partial charge in [0.2, 0.25) is 0 Å². The standard InChI is InChI=1S/C13H19N3O2/c14-10-12(13(17)18)16-8-6-15(7-9-16)11-4-2-1-3-5-11/h1-5,12H,6-10,14H2,(H,17,18). The van der Waals surface area contributed by atoms with Crippen LogP contribution in [0, 0.1) is 0 Å². The summed E-state index contributed by atoms with van der Waals surface area (Å²) in [5, 5.41) is 9.07. The maximum atomic E-state index is 11.0. The Morgan fingerprint density at radius 2 is 1.83 bits per heavy atom. The van der Waals surface area contributed by atoms with E-state index < -0.39 is 12.0 Å². The van der Waals surface area contributed by atoms with Crippen LogP contribution in [-0.4, -0.2) is 54.7 Å². The highest BCUT2D eigenvalue weighted by atomic mass is 16.4. The minimum absolute atomic E-state index is 0.167. The molecule has 0 aromatic heterocycles. The average Bonchev–Trinajstić information content (AvgIpc) is 2.41. The molecule has 0 saturated carbocycles. The second-order valence-electron chi connectivity index (χ2n) is 4.45. The van der Waals surface area contributed by atoms with Crippen LogP contribution >= 0.6 is 0 Å². The molecule has 1 aromatic carbocycles. The Morgan fingerprint density at radius 3 is 2.33 bits per heavy atom. The van der Waals surface area contributed by atoms with Crippen LogP contribution in [0.5, 0.6) is 0 Å². The van der Waals surface area contributed by atoms with Crippen LogP contribution in [0.2, 0.25) is 0 Å². The Bertz CT molecular complexity index is 388. The van der Waals surface area contributed by atoms with E-state index in [1.165, 1.54) is 5.69 Å². The number of carbonyl (C=O) groups is 1. The second kappa shape index (κ2) is 5.84. The second-order valence-corrected chi connectivity index (χ2v) is 4.45. The number of hydrogen-bond acceptors (Lipinski definition) is 4. The van der Waals surface area contributed by atoms with Crippen molar-refractivity contribution in [1.82, 2.24) is 4.90 Å².